The van der Waals surface area contributed by atoms with E-state index >= 15 is 0 Å². The minimum atomic E-state index is -3.91. The zero-order valence-electron chi connectivity index (χ0n) is 16.0. The Morgan fingerprint density at radius 1 is 1.19 bits per heavy atom. The molecule has 0 fully saturated rings. The van der Waals surface area contributed by atoms with Gasteiger partial charge in [0, 0.05) is 34.9 Å². The Kier molecular flexibility index (Phi) is 5.21. The first-order chi connectivity index (χ1) is 14.7. The number of sulfonamides is 1. The molecule has 4 rings (SSSR count). The van der Waals surface area contributed by atoms with Crippen molar-refractivity contribution in [3.05, 3.63) is 65.7 Å². The van der Waals surface area contributed by atoms with Crippen LogP contribution in [0.1, 0.15) is 22.5 Å². The van der Waals surface area contributed by atoms with Gasteiger partial charge in [0.25, 0.3) is 5.91 Å². The fourth-order valence-corrected chi connectivity index (χ4v) is 3.97. The van der Waals surface area contributed by atoms with E-state index in [0.29, 0.717) is 35.0 Å². The Morgan fingerprint density at radius 3 is 2.77 bits per heavy atom. The van der Waals surface area contributed by atoms with Gasteiger partial charge in [-0.2, -0.15) is 0 Å². The molecule has 0 unspecified atom stereocenters. The molecular weight excluding hydrogens is 425 g/mol. The number of rotatable bonds is 3. The maximum atomic E-state index is 13.8. The van der Waals surface area contributed by atoms with Crippen LogP contribution in [0.4, 0.5) is 14.9 Å². The molecule has 0 aliphatic carbocycles. The van der Waals surface area contributed by atoms with Crippen LogP contribution in [-0.2, 0) is 10.0 Å². The summed E-state index contributed by atoms with van der Waals surface area (Å²) in [6.45, 7) is 0.337. The summed E-state index contributed by atoms with van der Waals surface area (Å²) < 4.78 is 36.7. The molecule has 0 radical (unpaired) electrons. The van der Waals surface area contributed by atoms with Crippen molar-refractivity contribution < 1.29 is 22.4 Å². The summed E-state index contributed by atoms with van der Waals surface area (Å²) >= 11 is 0. The Bertz CT molecular complexity index is 1350. The van der Waals surface area contributed by atoms with Crippen LogP contribution in [0.15, 0.2) is 53.6 Å². The highest BCUT2D eigenvalue weighted by molar-refractivity contribution is 7.89. The van der Waals surface area contributed by atoms with Crippen molar-refractivity contribution >= 4 is 44.1 Å². The van der Waals surface area contributed by atoms with Crippen LogP contribution in [0.2, 0.25) is 0 Å². The van der Waals surface area contributed by atoms with Gasteiger partial charge in [-0.3, -0.25) is 4.79 Å². The first kappa shape index (κ1) is 20.6. The second kappa shape index (κ2) is 7.85. The number of benzene rings is 2. The molecule has 2 aromatic carbocycles. The van der Waals surface area contributed by atoms with E-state index in [1.165, 1.54) is 42.6 Å². The SMILES string of the molecule is NS(=O)(=O)c1cccc(NC(=O)N/C=C2\CCNC(=O)c3[nH]c4ccc(F)cc4c32)c1. The first-order valence-corrected chi connectivity index (χ1v) is 10.8. The number of primary sulfonamides is 1. The molecule has 3 amide bonds. The molecule has 0 atom stereocenters. The fraction of sp³-hybridized carbons (Fsp3) is 0.100. The van der Waals surface area contributed by atoms with E-state index in [1.54, 1.807) is 6.07 Å². The minimum Gasteiger partial charge on any atom is -0.350 e. The summed E-state index contributed by atoms with van der Waals surface area (Å²) in [6, 6.07) is 9.04. The van der Waals surface area contributed by atoms with Gasteiger partial charge in [-0.15, -0.1) is 0 Å². The van der Waals surface area contributed by atoms with Gasteiger partial charge in [0.05, 0.1) is 4.90 Å². The summed E-state index contributed by atoms with van der Waals surface area (Å²) in [5, 5.41) is 13.5. The van der Waals surface area contributed by atoms with Gasteiger partial charge in [0.15, 0.2) is 0 Å². The molecule has 1 aliphatic heterocycles. The zero-order chi connectivity index (χ0) is 22.2. The third-order valence-electron chi connectivity index (χ3n) is 4.79. The van der Waals surface area contributed by atoms with E-state index < -0.39 is 21.9 Å². The molecule has 160 valence electrons. The number of aromatic nitrogens is 1. The fourth-order valence-electron chi connectivity index (χ4n) is 3.41. The number of carbonyl (C=O) groups is 2. The molecule has 11 heteroatoms. The number of amides is 3. The standard InChI is InChI=1S/C20H18FN5O4S/c21-12-4-5-16-15(8-12)17-11(6-7-23-19(27)18(17)26-16)10-24-20(28)25-13-2-1-3-14(9-13)31(22,29)30/h1-5,8-10,26H,6-7H2,(H,23,27)(H2,22,29,30)(H2,24,25,28)/b11-10+. The van der Waals surface area contributed by atoms with E-state index in [9.17, 15) is 22.4 Å². The van der Waals surface area contributed by atoms with Gasteiger partial charge in [-0.1, -0.05) is 6.07 Å². The number of urea groups is 1. The molecular formula is C20H18FN5O4S. The van der Waals surface area contributed by atoms with Crippen molar-refractivity contribution in [2.75, 3.05) is 11.9 Å². The van der Waals surface area contributed by atoms with E-state index in [-0.39, 0.29) is 22.2 Å². The number of hydrogen-bond acceptors (Lipinski definition) is 4. The average Bonchev–Trinajstić information content (AvgIpc) is 3.00. The molecule has 6 N–H and O–H groups in total. The largest absolute Gasteiger partial charge is 0.350 e. The topological polar surface area (TPSA) is 146 Å². The second-order valence-corrected chi connectivity index (χ2v) is 8.47. The lowest BCUT2D eigenvalue weighted by Gasteiger charge is -2.09. The van der Waals surface area contributed by atoms with Crippen molar-refractivity contribution in [2.24, 2.45) is 5.14 Å². The summed E-state index contributed by atoms with van der Waals surface area (Å²) in [6.07, 6.45) is 1.85. The number of hydrogen-bond donors (Lipinski definition) is 5. The van der Waals surface area contributed by atoms with Crippen molar-refractivity contribution in [2.45, 2.75) is 11.3 Å². The maximum absolute atomic E-state index is 13.8. The number of aromatic amines is 1. The van der Waals surface area contributed by atoms with Crippen LogP contribution in [0, 0.1) is 5.82 Å². The highest BCUT2D eigenvalue weighted by atomic mass is 32.2. The number of halogens is 1. The van der Waals surface area contributed by atoms with E-state index in [4.69, 9.17) is 5.14 Å². The van der Waals surface area contributed by atoms with Crippen molar-refractivity contribution in [3.8, 4) is 0 Å². The third-order valence-corrected chi connectivity index (χ3v) is 5.70. The average molecular weight is 443 g/mol. The lowest BCUT2D eigenvalue weighted by Crippen LogP contribution is -2.24. The normalized spacial score (nSPS) is 15.3. The molecule has 1 aliphatic rings. The third kappa shape index (κ3) is 4.27. The molecule has 9 nitrogen and oxygen atoms in total. The van der Waals surface area contributed by atoms with Crippen molar-refractivity contribution in [1.82, 2.24) is 15.6 Å². The van der Waals surface area contributed by atoms with Gasteiger partial charge in [-0.25, -0.2) is 22.7 Å². The Hall–Kier alpha value is -3.70. The van der Waals surface area contributed by atoms with Crippen LogP contribution >= 0.6 is 0 Å². The quantitative estimate of drug-likeness (QED) is 0.422. The summed E-state index contributed by atoms with van der Waals surface area (Å²) in [5.74, 6) is -0.766. The summed E-state index contributed by atoms with van der Waals surface area (Å²) in [5.41, 5.74) is 2.25. The number of anilines is 1. The second-order valence-electron chi connectivity index (χ2n) is 6.91. The molecule has 0 saturated heterocycles. The van der Waals surface area contributed by atoms with Gasteiger partial charge in [0.2, 0.25) is 10.0 Å². The maximum Gasteiger partial charge on any atom is 0.323 e. The number of fused-ring (bicyclic) bond motifs is 3. The van der Waals surface area contributed by atoms with Crippen molar-refractivity contribution in [3.63, 3.8) is 0 Å². The number of nitrogens with one attached hydrogen (secondary N) is 4. The Labute approximate surface area is 176 Å². The molecule has 0 spiro atoms. The van der Waals surface area contributed by atoms with Crippen LogP contribution in [0.25, 0.3) is 16.5 Å². The number of nitrogens with two attached hydrogens (primary N) is 1. The highest BCUT2D eigenvalue weighted by Crippen LogP contribution is 2.32. The van der Waals surface area contributed by atoms with Crippen LogP contribution in [0.5, 0.6) is 0 Å². The van der Waals surface area contributed by atoms with Crippen LogP contribution in [0.3, 0.4) is 0 Å². The Morgan fingerprint density at radius 2 is 2.00 bits per heavy atom. The molecule has 2 heterocycles. The minimum absolute atomic E-state index is 0.137. The lowest BCUT2D eigenvalue weighted by molar-refractivity contribution is 0.0952. The van der Waals surface area contributed by atoms with Gasteiger partial charge < -0.3 is 20.9 Å². The smallest absolute Gasteiger partial charge is 0.323 e. The monoisotopic (exact) mass is 443 g/mol. The summed E-state index contributed by atoms with van der Waals surface area (Å²) in [7, 11) is -3.91. The van der Waals surface area contributed by atoms with E-state index in [0.717, 1.165) is 0 Å². The lowest BCUT2D eigenvalue weighted by atomic mass is 10.0. The molecule has 0 saturated carbocycles. The predicted octanol–water partition coefficient (Wildman–Crippen LogP) is 2.25. The zero-order valence-corrected chi connectivity index (χ0v) is 16.8. The predicted molar refractivity (Wildman–Crippen MR) is 113 cm³/mol. The molecule has 31 heavy (non-hydrogen) atoms. The molecule has 1 aromatic heterocycles. The molecule has 0 bridgehead atoms. The Balaban J connectivity index is 1.62. The van der Waals surface area contributed by atoms with Gasteiger partial charge in [0.1, 0.15) is 11.5 Å². The number of carbonyl (C=O) groups excluding carboxylic acids is 2. The van der Waals surface area contributed by atoms with E-state index in [1.807, 2.05) is 0 Å². The first-order valence-electron chi connectivity index (χ1n) is 9.21. The van der Waals surface area contributed by atoms with Crippen LogP contribution < -0.4 is 21.1 Å². The van der Waals surface area contributed by atoms with Crippen molar-refractivity contribution in [1.29, 1.82) is 0 Å². The highest BCUT2D eigenvalue weighted by Gasteiger charge is 2.24. The number of H-pyrrole nitrogens is 1. The van der Waals surface area contributed by atoms with E-state index in [2.05, 4.69) is 20.9 Å². The van der Waals surface area contributed by atoms with Gasteiger partial charge >= 0.3 is 6.03 Å². The summed E-state index contributed by atoms with van der Waals surface area (Å²) in [4.78, 5) is 27.6. The van der Waals surface area contributed by atoms with Gasteiger partial charge in [-0.05, 0) is 48.4 Å². The van der Waals surface area contributed by atoms with Crippen LogP contribution in [-0.4, -0.2) is 31.9 Å². The molecule has 3 aromatic rings.